The summed E-state index contributed by atoms with van der Waals surface area (Å²) in [7, 11) is 3.12. The number of amides is 1. The number of rotatable bonds is 5. The maximum absolute atomic E-state index is 13.1. The van der Waals surface area contributed by atoms with E-state index in [0.29, 0.717) is 43.2 Å². The fraction of sp³-hybridized carbons (Fsp3) is 0.320. The second-order valence-corrected chi connectivity index (χ2v) is 7.92. The molecule has 0 spiro atoms. The number of benzene rings is 2. The van der Waals surface area contributed by atoms with Crippen molar-refractivity contribution in [1.82, 2.24) is 15.1 Å². The van der Waals surface area contributed by atoms with Crippen LogP contribution in [0.5, 0.6) is 11.5 Å². The number of hydrogen-bond acceptors (Lipinski definition) is 6. The summed E-state index contributed by atoms with van der Waals surface area (Å²) >= 11 is 0. The van der Waals surface area contributed by atoms with E-state index in [4.69, 9.17) is 9.47 Å². The molecule has 0 aliphatic carbocycles. The summed E-state index contributed by atoms with van der Waals surface area (Å²) in [6.07, 6.45) is 0. The summed E-state index contributed by atoms with van der Waals surface area (Å²) in [5.41, 5.74) is 4.89. The largest absolute Gasteiger partial charge is 0.493 e. The molecule has 1 aliphatic rings. The molecule has 7 heteroatoms. The van der Waals surface area contributed by atoms with Gasteiger partial charge in [-0.1, -0.05) is 29.8 Å². The number of carbonyl (C=O) groups excluding carboxylic acids is 1. The highest BCUT2D eigenvalue weighted by Gasteiger charge is 2.26. The number of piperazine rings is 1. The summed E-state index contributed by atoms with van der Waals surface area (Å²) in [6, 6.07) is 15.7. The molecule has 0 bridgehead atoms. The fourth-order valence-electron chi connectivity index (χ4n) is 4.10. The van der Waals surface area contributed by atoms with Gasteiger partial charge in [-0.15, -0.1) is 10.2 Å². The van der Waals surface area contributed by atoms with Crippen molar-refractivity contribution in [2.75, 3.05) is 45.3 Å². The highest BCUT2D eigenvalue weighted by Crippen LogP contribution is 2.32. The number of para-hydroxylation sites is 1. The predicted octanol–water partition coefficient (Wildman–Crippen LogP) is 3.74. The number of hydrogen-bond donors (Lipinski definition) is 0. The van der Waals surface area contributed by atoms with Crippen LogP contribution in [0.25, 0.3) is 11.3 Å². The fourth-order valence-corrected chi connectivity index (χ4v) is 4.10. The third kappa shape index (κ3) is 4.23. The van der Waals surface area contributed by atoms with Crippen LogP contribution in [-0.2, 0) is 0 Å². The first kappa shape index (κ1) is 21.6. The molecule has 2 aromatic carbocycles. The van der Waals surface area contributed by atoms with Gasteiger partial charge in [0.15, 0.2) is 17.3 Å². The van der Waals surface area contributed by atoms with Crippen LogP contribution in [-0.4, -0.2) is 61.4 Å². The van der Waals surface area contributed by atoms with Crippen molar-refractivity contribution in [3.05, 3.63) is 65.2 Å². The SMILES string of the molecule is COc1cccc(C(=O)N2CCN(c3ccc(-c4ccc(C)cc4C)nn3)CC2)c1OC. The van der Waals surface area contributed by atoms with Crippen LogP contribution >= 0.6 is 0 Å². The number of aryl methyl sites for hydroxylation is 2. The number of nitrogens with zero attached hydrogens (tertiary/aromatic N) is 4. The van der Waals surface area contributed by atoms with E-state index in [2.05, 4.69) is 47.1 Å². The van der Waals surface area contributed by atoms with Crippen LogP contribution in [0.15, 0.2) is 48.5 Å². The Kier molecular flexibility index (Phi) is 6.25. The van der Waals surface area contributed by atoms with E-state index < -0.39 is 0 Å². The molecule has 0 radical (unpaired) electrons. The van der Waals surface area contributed by atoms with E-state index in [9.17, 15) is 4.79 Å². The van der Waals surface area contributed by atoms with Crippen molar-refractivity contribution in [2.24, 2.45) is 0 Å². The molecule has 2 heterocycles. The highest BCUT2D eigenvalue weighted by molar-refractivity contribution is 5.98. The Morgan fingerprint density at radius 1 is 0.906 bits per heavy atom. The van der Waals surface area contributed by atoms with Gasteiger partial charge in [-0.25, -0.2) is 0 Å². The van der Waals surface area contributed by atoms with Crippen molar-refractivity contribution < 1.29 is 14.3 Å². The Balaban J connectivity index is 1.43. The lowest BCUT2D eigenvalue weighted by Crippen LogP contribution is -2.49. The first-order chi connectivity index (χ1) is 15.5. The standard InChI is InChI=1S/C25H28N4O3/c1-17-8-9-19(18(2)16-17)21-10-11-23(27-26-21)28-12-14-29(15-13-28)25(30)20-6-5-7-22(31-3)24(20)32-4/h5-11,16H,12-15H2,1-4H3. The Labute approximate surface area is 188 Å². The molecule has 1 aliphatic heterocycles. The second-order valence-electron chi connectivity index (χ2n) is 7.92. The zero-order chi connectivity index (χ0) is 22.7. The van der Waals surface area contributed by atoms with E-state index in [1.165, 1.54) is 11.1 Å². The summed E-state index contributed by atoms with van der Waals surface area (Å²) in [5, 5.41) is 8.91. The lowest BCUT2D eigenvalue weighted by molar-refractivity contribution is 0.0742. The lowest BCUT2D eigenvalue weighted by Gasteiger charge is -2.35. The molecule has 0 atom stereocenters. The average Bonchev–Trinajstić information content (AvgIpc) is 2.83. The third-order valence-corrected chi connectivity index (χ3v) is 5.83. The molecule has 1 fully saturated rings. The molecule has 1 aromatic heterocycles. The van der Waals surface area contributed by atoms with Crippen molar-refractivity contribution in [1.29, 1.82) is 0 Å². The topological polar surface area (TPSA) is 67.8 Å². The quantitative estimate of drug-likeness (QED) is 0.612. The minimum atomic E-state index is -0.0586. The summed E-state index contributed by atoms with van der Waals surface area (Å²) < 4.78 is 10.8. The van der Waals surface area contributed by atoms with E-state index in [0.717, 1.165) is 17.1 Å². The van der Waals surface area contributed by atoms with Gasteiger partial charge in [0, 0.05) is 31.7 Å². The van der Waals surface area contributed by atoms with Crippen molar-refractivity contribution in [3.8, 4) is 22.8 Å². The van der Waals surface area contributed by atoms with Gasteiger partial charge in [0.2, 0.25) is 0 Å². The first-order valence-corrected chi connectivity index (χ1v) is 10.7. The molecular formula is C25H28N4O3. The van der Waals surface area contributed by atoms with Gasteiger partial charge >= 0.3 is 0 Å². The molecule has 7 nitrogen and oxygen atoms in total. The molecule has 1 saturated heterocycles. The maximum atomic E-state index is 13.1. The smallest absolute Gasteiger partial charge is 0.257 e. The van der Waals surface area contributed by atoms with Crippen molar-refractivity contribution in [3.63, 3.8) is 0 Å². The number of ether oxygens (including phenoxy) is 2. The lowest BCUT2D eigenvalue weighted by atomic mass is 10.0. The molecule has 3 aromatic rings. The summed E-state index contributed by atoms with van der Waals surface area (Å²) in [5.74, 6) is 1.78. The van der Waals surface area contributed by atoms with Gasteiger partial charge in [0.25, 0.3) is 5.91 Å². The number of carbonyl (C=O) groups is 1. The van der Waals surface area contributed by atoms with Gasteiger partial charge in [0.1, 0.15) is 0 Å². The van der Waals surface area contributed by atoms with Gasteiger partial charge in [-0.3, -0.25) is 4.79 Å². The molecule has 0 N–H and O–H groups in total. The van der Waals surface area contributed by atoms with E-state index in [-0.39, 0.29) is 5.91 Å². The van der Waals surface area contributed by atoms with Gasteiger partial charge in [-0.05, 0) is 43.7 Å². The second kappa shape index (κ2) is 9.26. The van der Waals surface area contributed by atoms with E-state index >= 15 is 0 Å². The molecular weight excluding hydrogens is 404 g/mol. The number of anilines is 1. The normalized spacial score (nSPS) is 13.8. The van der Waals surface area contributed by atoms with Crippen molar-refractivity contribution >= 4 is 11.7 Å². The van der Waals surface area contributed by atoms with E-state index in [1.807, 2.05) is 17.0 Å². The summed E-state index contributed by atoms with van der Waals surface area (Å²) in [4.78, 5) is 17.1. The molecule has 166 valence electrons. The van der Waals surface area contributed by atoms with Crippen LogP contribution < -0.4 is 14.4 Å². The van der Waals surface area contributed by atoms with Crippen LogP contribution in [0, 0.1) is 13.8 Å². The average molecular weight is 433 g/mol. The molecule has 0 saturated carbocycles. The van der Waals surface area contributed by atoms with Gasteiger partial charge in [0.05, 0.1) is 25.5 Å². The van der Waals surface area contributed by atoms with Gasteiger partial charge in [-0.2, -0.15) is 0 Å². The summed E-state index contributed by atoms with van der Waals surface area (Å²) in [6.45, 7) is 6.75. The van der Waals surface area contributed by atoms with Gasteiger partial charge < -0.3 is 19.3 Å². The van der Waals surface area contributed by atoms with Crippen LogP contribution in [0.4, 0.5) is 5.82 Å². The Morgan fingerprint density at radius 3 is 2.31 bits per heavy atom. The zero-order valence-corrected chi connectivity index (χ0v) is 19.0. The van der Waals surface area contributed by atoms with E-state index in [1.54, 1.807) is 32.4 Å². The Hall–Kier alpha value is -3.61. The molecule has 32 heavy (non-hydrogen) atoms. The Bertz CT molecular complexity index is 1110. The Morgan fingerprint density at radius 2 is 1.69 bits per heavy atom. The molecule has 0 unspecified atom stereocenters. The van der Waals surface area contributed by atoms with Crippen LogP contribution in [0.2, 0.25) is 0 Å². The number of methoxy groups -OCH3 is 2. The number of aromatic nitrogens is 2. The highest BCUT2D eigenvalue weighted by atomic mass is 16.5. The van der Waals surface area contributed by atoms with Crippen LogP contribution in [0.3, 0.4) is 0 Å². The molecule has 4 rings (SSSR count). The maximum Gasteiger partial charge on any atom is 0.257 e. The first-order valence-electron chi connectivity index (χ1n) is 10.7. The van der Waals surface area contributed by atoms with Crippen molar-refractivity contribution in [2.45, 2.75) is 13.8 Å². The molecule has 1 amide bonds. The zero-order valence-electron chi connectivity index (χ0n) is 19.0. The van der Waals surface area contributed by atoms with Crippen LogP contribution in [0.1, 0.15) is 21.5 Å². The minimum Gasteiger partial charge on any atom is -0.493 e. The third-order valence-electron chi connectivity index (χ3n) is 5.83. The monoisotopic (exact) mass is 432 g/mol. The minimum absolute atomic E-state index is 0.0586. The predicted molar refractivity (Wildman–Crippen MR) is 125 cm³/mol.